The van der Waals surface area contributed by atoms with E-state index in [1.54, 1.807) is 0 Å². The van der Waals surface area contributed by atoms with E-state index in [0.29, 0.717) is 17.5 Å². The minimum absolute atomic E-state index is 0.130. The second-order valence-electron chi connectivity index (χ2n) is 14.4. The zero-order chi connectivity index (χ0) is 34.9. The summed E-state index contributed by atoms with van der Waals surface area (Å²) in [5, 5.41) is 0. The second kappa shape index (κ2) is 11.5. The Labute approximate surface area is 304 Å². The molecule has 0 radical (unpaired) electrons. The smallest absolute Gasteiger partial charge is 0.164 e. The Balaban J connectivity index is 1.24. The second-order valence-corrected chi connectivity index (χ2v) is 14.4. The molecule has 52 heavy (non-hydrogen) atoms. The molecule has 0 bridgehead atoms. The standard InChI is InChI=1S/C49H35N3/c1-48(2)41-24-14-12-22-37(41)39-29-27-36(31-43(39)48)49(35-20-10-5-11-21-35)42-25-15-13-23-38(42)40-28-26-34(30-44(40)49)47-51-45(32-16-6-3-7-17-32)50-46(52-47)33-18-8-4-9-19-33/h3-31H,1-2H3. The van der Waals surface area contributed by atoms with E-state index in [9.17, 15) is 0 Å². The number of fused-ring (bicyclic) bond motifs is 6. The monoisotopic (exact) mass is 665 g/mol. The topological polar surface area (TPSA) is 38.7 Å². The van der Waals surface area contributed by atoms with E-state index in [4.69, 9.17) is 15.0 Å². The van der Waals surface area contributed by atoms with Crippen LogP contribution in [0.5, 0.6) is 0 Å². The van der Waals surface area contributed by atoms with Gasteiger partial charge in [0.05, 0.1) is 5.41 Å². The van der Waals surface area contributed by atoms with Crippen LogP contribution >= 0.6 is 0 Å². The summed E-state index contributed by atoms with van der Waals surface area (Å²) in [5.74, 6) is 1.96. The molecule has 0 saturated carbocycles. The number of rotatable bonds is 5. The van der Waals surface area contributed by atoms with Crippen LogP contribution in [0.1, 0.15) is 47.2 Å². The van der Waals surface area contributed by atoms with Gasteiger partial charge >= 0.3 is 0 Å². The van der Waals surface area contributed by atoms with Gasteiger partial charge < -0.3 is 0 Å². The van der Waals surface area contributed by atoms with Crippen molar-refractivity contribution in [3.05, 3.63) is 209 Å². The molecular formula is C49H35N3. The first-order chi connectivity index (χ1) is 25.5. The van der Waals surface area contributed by atoms with Gasteiger partial charge in [-0.3, -0.25) is 0 Å². The van der Waals surface area contributed by atoms with Crippen LogP contribution in [-0.2, 0) is 10.8 Å². The van der Waals surface area contributed by atoms with E-state index in [2.05, 4.69) is 153 Å². The van der Waals surface area contributed by atoms with Gasteiger partial charge in [0.1, 0.15) is 0 Å². The Morgan fingerprint density at radius 3 is 1.42 bits per heavy atom. The van der Waals surface area contributed by atoms with Crippen molar-refractivity contribution < 1.29 is 0 Å². The lowest BCUT2D eigenvalue weighted by Gasteiger charge is -2.35. The molecule has 2 aliphatic rings. The van der Waals surface area contributed by atoms with E-state index in [0.717, 1.165) is 16.7 Å². The molecule has 0 aliphatic heterocycles. The first-order valence-electron chi connectivity index (χ1n) is 18.0. The number of nitrogens with zero attached hydrogens (tertiary/aromatic N) is 3. The first-order valence-corrected chi connectivity index (χ1v) is 18.0. The van der Waals surface area contributed by atoms with Crippen LogP contribution in [0.25, 0.3) is 56.4 Å². The molecule has 8 aromatic rings. The molecule has 3 heteroatoms. The Hall–Kier alpha value is -6.45. The summed E-state index contributed by atoms with van der Waals surface area (Å²) in [7, 11) is 0. The molecule has 3 nitrogen and oxygen atoms in total. The molecule has 10 rings (SSSR count). The van der Waals surface area contributed by atoms with Crippen molar-refractivity contribution in [2.75, 3.05) is 0 Å². The molecule has 7 aromatic carbocycles. The fraction of sp³-hybridized carbons (Fsp3) is 0.0816. The van der Waals surface area contributed by atoms with Crippen molar-refractivity contribution >= 4 is 0 Å². The molecule has 0 spiro atoms. The molecule has 0 amide bonds. The van der Waals surface area contributed by atoms with Gasteiger partial charge in [-0.2, -0.15) is 0 Å². The average molecular weight is 666 g/mol. The SMILES string of the molecule is CC1(C)c2ccccc2-c2ccc(C3(c4ccccc4)c4ccccc4-c4ccc(-c5nc(-c6ccccc6)nc(-c6ccccc6)n5)cc43)cc21. The highest BCUT2D eigenvalue weighted by Crippen LogP contribution is 2.58. The van der Waals surface area contributed by atoms with Gasteiger partial charge in [-0.1, -0.05) is 184 Å². The maximum Gasteiger partial charge on any atom is 0.164 e. The van der Waals surface area contributed by atoms with Crippen LogP contribution in [0.15, 0.2) is 176 Å². The summed E-state index contributed by atoms with van der Waals surface area (Å²) < 4.78 is 0. The van der Waals surface area contributed by atoms with Crippen molar-refractivity contribution in [3.63, 3.8) is 0 Å². The maximum absolute atomic E-state index is 5.13. The predicted octanol–water partition coefficient (Wildman–Crippen LogP) is 11.5. The van der Waals surface area contributed by atoms with Crippen molar-refractivity contribution in [3.8, 4) is 56.4 Å². The van der Waals surface area contributed by atoms with Crippen LogP contribution in [0.4, 0.5) is 0 Å². The van der Waals surface area contributed by atoms with E-state index in [1.165, 1.54) is 55.6 Å². The fourth-order valence-corrected chi connectivity index (χ4v) is 8.77. The molecule has 2 aliphatic carbocycles. The lowest BCUT2D eigenvalue weighted by atomic mass is 9.66. The van der Waals surface area contributed by atoms with Crippen molar-refractivity contribution in [1.82, 2.24) is 15.0 Å². The molecule has 246 valence electrons. The highest BCUT2D eigenvalue weighted by Gasteiger charge is 2.47. The molecule has 1 aromatic heterocycles. The number of benzene rings is 7. The van der Waals surface area contributed by atoms with Gasteiger partial charge in [0.2, 0.25) is 0 Å². The predicted molar refractivity (Wildman–Crippen MR) is 211 cm³/mol. The van der Waals surface area contributed by atoms with Gasteiger partial charge in [-0.25, -0.2) is 15.0 Å². The summed E-state index contributed by atoms with van der Waals surface area (Å²) in [5.41, 5.74) is 15.0. The van der Waals surface area contributed by atoms with Crippen molar-refractivity contribution in [2.45, 2.75) is 24.7 Å². The number of hydrogen-bond acceptors (Lipinski definition) is 3. The van der Waals surface area contributed by atoms with E-state index in [1.807, 2.05) is 36.4 Å². The van der Waals surface area contributed by atoms with Crippen LogP contribution < -0.4 is 0 Å². The average Bonchev–Trinajstić information content (AvgIpc) is 3.64. The quantitative estimate of drug-likeness (QED) is 0.184. The largest absolute Gasteiger partial charge is 0.208 e. The lowest BCUT2D eigenvalue weighted by molar-refractivity contribution is 0.655. The Morgan fingerprint density at radius 2 is 0.788 bits per heavy atom. The highest BCUT2D eigenvalue weighted by atomic mass is 15.0. The van der Waals surface area contributed by atoms with Crippen LogP contribution in [0, 0.1) is 0 Å². The van der Waals surface area contributed by atoms with E-state index < -0.39 is 5.41 Å². The summed E-state index contributed by atoms with van der Waals surface area (Å²) >= 11 is 0. The molecule has 0 fully saturated rings. The van der Waals surface area contributed by atoms with Gasteiger partial charge in [-0.15, -0.1) is 0 Å². The third-order valence-corrected chi connectivity index (χ3v) is 11.2. The Morgan fingerprint density at radius 1 is 0.327 bits per heavy atom. The third kappa shape index (κ3) is 4.42. The van der Waals surface area contributed by atoms with Gasteiger partial charge in [-0.05, 0) is 61.7 Å². The molecule has 1 unspecified atom stereocenters. The molecule has 1 heterocycles. The molecular weight excluding hydrogens is 631 g/mol. The Bertz CT molecular complexity index is 2590. The highest BCUT2D eigenvalue weighted by molar-refractivity contribution is 5.89. The fourth-order valence-electron chi connectivity index (χ4n) is 8.77. The van der Waals surface area contributed by atoms with Crippen LogP contribution in [-0.4, -0.2) is 15.0 Å². The van der Waals surface area contributed by atoms with Gasteiger partial charge in [0, 0.05) is 22.1 Å². The van der Waals surface area contributed by atoms with E-state index in [-0.39, 0.29) is 5.41 Å². The molecule has 0 N–H and O–H groups in total. The van der Waals surface area contributed by atoms with Gasteiger partial charge in [0.25, 0.3) is 0 Å². The van der Waals surface area contributed by atoms with Crippen molar-refractivity contribution in [2.24, 2.45) is 0 Å². The Kier molecular flexibility index (Phi) is 6.74. The third-order valence-electron chi connectivity index (χ3n) is 11.2. The minimum atomic E-state index is -0.569. The van der Waals surface area contributed by atoms with Crippen LogP contribution in [0.3, 0.4) is 0 Å². The number of aromatic nitrogens is 3. The summed E-state index contributed by atoms with van der Waals surface area (Å²) in [4.78, 5) is 15.2. The summed E-state index contributed by atoms with van der Waals surface area (Å²) in [6.07, 6.45) is 0. The lowest BCUT2D eigenvalue weighted by Crippen LogP contribution is -2.29. The molecule has 0 saturated heterocycles. The zero-order valence-corrected chi connectivity index (χ0v) is 29.1. The summed E-state index contributed by atoms with van der Waals surface area (Å²) in [6, 6.07) is 63.2. The van der Waals surface area contributed by atoms with Gasteiger partial charge in [0.15, 0.2) is 17.5 Å². The summed E-state index contributed by atoms with van der Waals surface area (Å²) in [6.45, 7) is 4.72. The maximum atomic E-state index is 5.13. The zero-order valence-electron chi connectivity index (χ0n) is 29.1. The normalized spacial score (nSPS) is 16.1. The first kappa shape index (κ1) is 30.4. The minimum Gasteiger partial charge on any atom is -0.208 e. The van der Waals surface area contributed by atoms with Crippen LogP contribution in [0.2, 0.25) is 0 Å². The number of hydrogen-bond donors (Lipinski definition) is 0. The molecule has 1 atom stereocenters. The van der Waals surface area contributed by atoms with Crippen molar-refractivity contribution in [1.29, 1.82) is 0 Å². The van der Waals surface area contributed by atoms with E-state index >= 15 is 0 Å².